The summed E-state index contributed by atoms with van der Waals surface area (Å²) in [7, 11) is 0. The molecule has 0 unspecified atom stereocenters. The number of hydrogen-bond acceptors (Lipinski definition) is 4. The summed E-state index contributed by atoms with van der Waals surface area (Å²) in [4.78, 5) is 36.1. The van der Waals surface area contributed by atoms with Crippen molar-refractivity contribution in [1.82, 2.24) is 5.32 Å². The molecule has 0 radical (unpaired) electrons. The third-order valence-electron chi connectivity index (χ3n) is 3.54. The van der Waals surface area contributed by atoms with Crippen LogP contribution in [0.3, 0.4) is 0 Å². The third kappa shape index (κ3) is 8.10. The first-order valence-electron chi connectivity index (χ1n) is 9.07. The van der Waals surface area contributed by atoms with Crippen LogP contribution in [-0.4, -0.2) is 30.1 Å². The number of ether oxygens (including phenoxy) is 1. The largest absolute Gasteiger partial charge is 0.444 e. The molecule has 0 bridgehead atoms. The maximum Gasteiger partial charge on any atom is 0.407 e. The molecule has 2 rings (SSSR count). The Morgan fingerprint density at radius 3 is 2.28 bits per heavy atom. The van der Waals surface area contributed by atoms with Gasteiger partial charge in [-0.25, -0.2) is 4.79 Å². The van der Waals surface area contributed by atoms with Gasteiger partial charge in [0.15, 0.2) is 0 Å². The van der Waals surface area contributed by atoms with Crippen LogP contribution in [0, 0.1) is 3.57 Å². The van der Waals surface area contributed by atoms with E-state index >= 15 is 0 Å². The summed E-state index contributed by atoms with van der Waals surface area (Å²) >= 11 is 2.11. The van der Waals surface area contributed by atoms with Gasteiger partial charge in [-0.15, -0.1) is 0 Å². The topological polar surface area (TPSA) is 96.5 Å². The molecule has 0 atom stereocenters. The Bertz CT molecular complexity index is 893. The average Bonchev–Trinajstić information content (AvgIpc) is 2.60. The minimum absolute atomic E-state index is 0.0953. The van der Waals surface area contributed by atoms with Gasteiger partial charge in [0.1, 0.15) is 5.60 Å². The number of carbonyl (C=O) groups is 3. The Hall–Kier alpha value is -2.62. The molecule has 2 aromatic carbocycles. The van der Waals surface area contributed by atoms with Crippen molar-refractivity contribution in [2.45, 2.75) is 32.8 Å². The summed E-state index contributed by atoms with van der Waals surface area (Å²) in [5.74, 6) is -0.484. The number of carbonyl (C=O) groups excluding carboxylic acids is 3. The first kappa shape index (κ1) is 22.7. The molecule has 29 heavy (non-hydrogen) atoms. The Kier molecular flexibility index (Phi) is 8.00. The molecule has 8 heteroatoms. The van der Waals surface area contributed by atoms with Crippen molar-refractivity contribution in [3.8, 4) is 0 Å². The van der Waals surface area contributed by atoms with Crippen molar-refractivity contribution in [1.29, 1.82) is 0 Å². The van der Waals surface area contributed by atoms with Gasteiger partial charge in [-0.3, -0.25) is 9.59 Å². The second kappa shape index (κ2) is 10.2. The van der Waals surface area contributed by atoms with E-state index in [9.17, 15) is 14.4 Å². The van der Waals surface area contributed by atoms with E-state index in [0.29, 0.717) is 16.9 Å². The second-order valence-corrected chi connectivity index (χ2v) is 8.40. The molecule has 0 aromatic heterocycles. The van der Waals surface area contributed by atoms with Crippen LogP contribution in [0.1, 0.15) is 37.6 Å². The fraction of sp³-hybridized carbons (Fsp3) is 0.286. The van der Waals surface area contributed by atoms with Crippen LogP contribution in [0.5, 0.6) is 0 Å². The van der Waals surface area contributed by atoms with Gasteiger partial charge >= 0.3 is 6.09 Å². The van der Waals surface area contributed by atoms with E-state index in [4.69, 9.17) is 4.74 Å². The summed E-state index contributed by atoms with van der Waals surface area (Å²) < 4.78 is 5.96. The van der Waals surface area contributed by atoms with Gasteiger partial charge in [0.05, 0.1) is 5.56 Å². The van der Waals surface area contributed by atoms with Crippen LogP contribution < -0.4 is 16.0 Å². The van der Waals surface area contributed by atoms with Crippen molar-refractivity contribution >= 4 is 51.9 Å². The Morgan fingerprint density at radius 2 is 1.62 bits per heavy atom. The van der Waals surface area contributed by atoms with Crippen LogP contribution in [0.15, 0.2) is 48.5 Å². The molecule has 0 heterocycles. The van der Waals surface area contributed by atoms with Crippen LogP contribution >= 0.6 is 22.6 Å². The van der Waals surface area contributed by atoms with Gasteiger partial charge in [-0.2, -0.15) is 0 Å². The standard InChI is InChI=1S/C21H24IN3O4/c1-21(2,3)29-20(28)23-12-11-18(26)24-14-7-6-8-15(13-14)25-19(27)16-9-4-5-10-17(16)22/h4-10,13H,11-12H2,1-3H3,(H,23,28)(H,24,26)(H,25,27). The Morgan fingerprint density at radius 1 is 0.966 bits per heavy atom. The minimum atomic E-state index is -0.588. The lowest BCUT2D eigenvalue weighted by Gasteiger charge is -2.19. The Balaban J connectivity index is 1.86. The fourth-order valence-corrected chi connectivity index (χ4v) is 2.97. The molecule has 3 amide bonds. The molecule has 3 N–H and O–H groups in total. The summed E-state index contributed by atoms with van der Waals surface area (Å²) in [5, 5.41) is 8.11. The van der Waals surface area contributed by atoms with E-state index in [-0.39, 0.29) is 24.8 Å². The van der Waals surface area contributed by atoms with E-state index in [1.54, 1.807) is 57.2 Å². The molecule has 7 nitrogen and oxygen atoms in total. The number of rotatable bonds is 6. The highest BCUT2D eigenvalue weighted by atomic mass is 127. The lowest BCUT2D eigenvalue weighted by Crippen LogP contribution is -2.34. The predicted octanol–water partition coefficient (Wildman–Crippen LogP) is 4.40. The number of alkyl carbamates (subject to hydrolysis) is 1. The fourth-order valence-electron chi connectivity index (χ4n) is 2.33. The summed E-state index contributed by atoms with van der Waals surface area (Å²) in [6, 6.07) is 14.2. The van der Waals surface area contributed by atoms with E-state index in [1.165, 1.54) is 0 Å². The van der Waals surface area contributed by atoms with Gasteiger partial charge in [-0.1, -0.05) is 18.2 Å². The first-order valence-corrected chi connectivity index (χ1v) is 10.1. The highest BCUT2D eigenvalue weighted by molar-refractivity contribution is 14.1. The molecule has 0 saturated carbocycles. The highest BCUT2D eigenvalue weighted by Gasteiger charge is 2.16. The lowest BCUT2D eigenvalue weighted by molar-refractivity contribution is -0.116. The Labute approximate surface area is 183 Å². The van der Waals surface area contributed by atoms with Crippen LogP contribution in [0.4, 0.5) is 16.2 Å². The lowest BCUT2D eigenvalue weighted by atomic mass is 10.2. The van der Waals surface area contributed by atoms with Gasteiger partial charge in [0, 0.05) is 27.9 Å². The quantitative estimate of drug-likeness (QED) is 0.504. The molecule has 0 aliphatic heterocycles. The van der Waals surface area contributed by atoms with Crippen LogP contribution in [-0.2, 0) is 9.53 Å². The van der Waals surface area contributed by atoms with Gasteiger partial charge < -0.3 is 20.7 Å². The monoisotopic (exact) mass is 509 g/mol. The van der Waals surface area contributed by atoms with Gasteiger partial charge in [-0.05, 0) is 73.7 Å². The van der Waals surface area contributed by atoms with Crippen molar-refractivity contribution in [3.63, 3.8) is 0 Å². The highest BCUT2D eigenvalue weighted by Crippen LogP contribution is 2.18. The number of nitrogens with one attached hydrogen (secondary N) is 3. The molecule has 0 saturated heterocycles. The smallest absolute Gasteiger partial charge is 0.407 e. The molecule has 0 aliphatic carbocycles. The molecule has 0 spiro atoms. The zero-order chi connectivity index (χ0) is 21.4. The zero-order valence-corrected chi connectivity index (χ0v) is 18.7. The molecular formula is C21H24IN3O4. The minimum Gasteiger partial charge on any atom is -0.444 e. The molecule has 2 aromatic rings. The number of halogens is 1. The number of amides is 3. The van der Waals surface area contributed by atoms with Gasteiger partial charge in [0.2, 0.25) is 5.91 Å². The average molecular weight is 509 g/mol. The molecule has 0 aliphatic rings. The molecule has 0 fully saturated rings. The van der Waals surface area contributed by atoms with Gasteiger partial charge in [0.25, 0.3) is 5.91 Å². The van der Waals surface area contributed by atoms with Crippen molar-refractivity contribution in [3.05, 3.63) is 57.7 Å². The maximum absolute atomic E-state index is 12.4. The summed E-state index contributed by atoms with van der Waals surface area (Å²) in [6.07, 6.45) is -0.469. The van der Waals surface area contributed by atoms with E-state index in [1.807, 2.05) is 12.1 Å². The molecular weight excluding hydrogens is 485 g/mol. The van der Waals surface area contributed by atoms with Crippen LogP contribution in [0.2, 0.25) is 0 Å². The maximum atomic E-state index is 12.4. The van der Waals surface area contributed by atoms with E-state index in [2.05, 4.69) is 38.5 Å². The van der Waals surface area contributed by atoms with Crippen molar-refractivity contribution < 1.29 is 19.1 Å². The number of anilines is 2. The third-order valence-corrected chi connectivity index (χ3v) is 4.48. The second-order valence-electron chi connectivity index (χ2n) is 7.24. The van der Waals surface area contributed by atoms with Crippen LogP contribution in [0.25, 0.3) is 0 Å². The van der Waals surface area contributed by atoms with E-state index in [0.717, 1.165) is 3.57 Å². The number of hydrogen-bond donors (Lipinski definition) is 3. The van der Waals surface area contributed by atoms with Crippen molar-refractivity contribution in [2.24, 2.45) is 0 Å². The normalized spacial score (nSPS) is 10.8. The first-order chi connectivity index (χ1) is 13.6. The summed E-state index contributed by atoms with van der Waals surface area (Å²) in [6.45, 7) is 5.46. The SMILES string of the molecule is CC(C)(C)OC(=O)NCCC(=O)Nc1cccc(NC(=O)c2ccccc2I)c1. The summed E-state index contributed by atoms with van der Waals surface area (Å²) in [5.41, 5.74) is 1.11. The van der Waals surface area contributed by atoms with E-state index < -0.39 is 11.7 Å². The zero-order valence-electron chi connectivity index (χ0n) is 16.5. The predicted molar refractivity (Wildman–Crippen MR) is 121 cm³/mol. The van der Waals surface area contributed by atoms with Crippen molar-refractivity contribution in [2.75, 3.05) is 17.2 Å². The molecule has 154 valence electrons. The number of benzene rings is 2.